The molecule has 0 saturated carbocycles. The van der Waals surface area contributed by atoms with Crippen LogP contribution in [0.2, 0.25) is 0 Å². The molecule has 4 heteroatoms. The third kappa shape index (κ3) is 7.82. The highest BCUT2D eigenvalue weighted by molar-refractivity contribution is 6.09. The van der Waals surface area contributed by atoms with Crippen molar-refractivity contribution in [1.82, 2.24) is 0 Å². The number of allylic oxidation sites excluding steroid dienone is 3. The molecule has 1 aliphatic carbocycles. The van der Waals surface area contributed by atoms with Crippen LogP contribution in [0.1, 0.15) is 71.1 Å². The quantitative estimate of drug-likeness (QED) is 0.245. The van der Waals surface area contributed by atoms with Crippen LogP contribution in [0.5, 0.6) is 0 Å². The molecule has 0 bridgehead atoms. The molecule has 0 aromatic heterocycles. The molecule has 1 aliphatic rings. The number of hydrogen-bond acceptors (Lipinski definition) is 4. The molecule has 1 atom stereocenters. The van der Waals surface area contributed by atoms with Gasteiger partial charge in [0.25, 0.3) is 0 Å². The monoisotopic (exact) mass is 348 g/mol. The van der Waals surface area contributed by atoms with Crippen LogP contribution in [0, 0.1) is 0 Å². The van der Waals surface area contributed by atoms with Crippen LogP contribution in [-0.4, -0.2) is 29.6 Å². The molecule has 0 radical (unpaired) electrons. The molecule has 0 spiro atoms. The van der Waals surface area contributed by atoms with E-state index in [2.05, 4.69) is 11.7 Å². The van der Waals surface area contributed by atoms with Gasteiger partial charge in [0.1, 0.15) is 5.60 Å². The minimum absolute atomic E-state index is 0.118. The summed E-state index contributed by atoms with van der Waals surface area (Å²) in [5.41, 5.74) is -0.807. The number of methoxy groups -OCH3 is 1. The number of carbonyl (C=O) groups excluding carboxylic acids is 2. The number of ether oxygens (including phenoxy) is 1. The van der Waals surface area contributed by atoms with E-state index < -0.39 is 5.60 Å². The summed E-state index contributed by atoms with van der Waals surface area (Å²) in [6.45, 7) is 2.18. The summed E-state index contributed by atoms with van der Waals surface area (Å²) in [6, 6.07) is 0. The van der Waals surface area contributed by atoms with Crippen molar-refractivity contribution < 1.29 is 19.4 Å². The Labute approximate surface area is 151 Å². The number of aliphatic hydroxyl groups is 1. The lowest BCUT2D eigenvalue weighted by Crippen LogP contribution is -2.25. The fourth-order valence-corrected chi connectivity index (χ4v) is 2.88. The molecule has 1 N–H and O–H groups in total. The highest BCUT2D eigenvalue weighted by Crippen LogP contribution is 2.29. The lowest BCUT2D eigenvalue weighted by atomic mass is 9.94. The summed E-state index contributed by atoms with van der Waals surface area (Å²) in [5, 5.41) is 10.7. The lowest BCUT2D eigenvalue weighted by Gasteiger charge is -2.18. The largest absolute Gasteiger partial charge is 0.469 e. The van der Waals surface area contributed by atoms with E-state index in [9.17, 15) is 14.7 Å². The Kier molecular flexibility index (Phi) is 10.1. The Morgan fingerprint density at radius 3 is 2.60 bits per heavy atom. The molecule has 25 heavy (non-hydrogen) atoms. The Bertz CT molecular complexity index is 516. The molecular weight excluding hydrogens is 316 g/mol. The van der Waals surface area contributed by atoms with Gasteiger partial charge >= 0.3 is 5.97 Å². The Balaban J connectivity index is 2.42. The van der Waals surface area contributed by atoms with Gasteiger partial charge in [-0.1, -0.05) is 44.8 Å². The van der Waals surface area contributed by atoms with Gasteiger partial charge in [-0.05, 0) is 50.3 Å². The molecule has 0 heterocycles. The third-order valence-corrected chi connectivity index (χ3v) is 4.44. The average Bonchev–Trinajstić information content (AvgIpc) is 2.89. The normalized spacial score (nSPS) is 21.6. The van der Waals surface area contributed by atoms with E-state index >= 15 is 0 Å². The zero-order chi connectivity index (χ0) is 18.5. The first kappa shape index (κ1) is 21.4. The molecule has 4 nitrogen and oxygen atoms in total. The van der Waals surface area contributed by atoms with Crippen molar-refractivity contribution in [2.24, 2.45) is 0 Å². The van der Waals surface area contributed by atoms with Crippen LogP contribution < -0.4 is 0 Å². The molecular formula is C21H32O4. The number of hydrogen-bond donors (Lipinski definition) is 1. The molecule has 0 amide bonds. The second-order valence-electron chi connectivity index (χ2n) is 6.57. The van der Waals surface area contributed by atoms with Crippen LogP contribution in [0.3, 0.4) is 0 Å². The van der Waals surface area contributed by atoms with Crippen LogP contribution in [0.25, 0.3) is 0 Å². The fourth-order valence-electron chi connectivity index (χ4n) is 2.88. The lowest BCUT2D eigenvalue weighted by molar-refractivity contribution is -0.140. The summed E-state index contributed by atoms with van der Waals surface area (Å²) in [7, 11) is 1.39. The van der Waals surface area contributed by atoms with Gasteiger partial charge < -0.3 is 9.84 Å². The fraction of sp³-hybridized carbons (Fsp3) is 0.619. The SMILES string of the molecule is CCCCCCC=CC1(O)C=CC(=O)C1=CCCCCCC(=O)OC. The highest BCUT2D eigenvalue weighted by atomic mass is 16.5. The van der Waals surface area contributed by atoms with E-state index in [0.717, 1.165) is 38.5 Å². The first-order chi connectivity index (χ1) is 12.0. The maximum atomic E-state index is 12.0. The number of esters is 1. The van der Waals surface area contributed by atoms with Crippen LogP contribution >= 0.6 is 0 Å². The van der Waals surface area contributed by atoms with E-state index in [1.807, 2.05) is 12.2 Å². The van der Waals surface area contributed by atoms with Gasteiger partial charge in [0.2, 0.25) is 0 Å². The standard InChI is InChI=1S/C21H32O4/c1-3-4-5-6-9-12-16-21(24)17-15-19(22)18(21)13-10-7-8-11-14-20(23)25-2/h12-13,15-17,24H,3-11,14H2,1-2H3. The zero-order valence-electron chi connectivity index (χ0n) is 15.6. The van der Waals surface area contributed by atoms with Gasteiger partial charge in [0, 0.05) is 12.0 Å². The van der Waals surface area contributed by atoms with Crippen molar-refractivity contribution in [3.05, 3.63) is 36.0 Å². The Hall–Kier alpha value is -1.68. The van der Waals surface area contributed by atoms with Gasteiger partial charge in [-0.3, -0.25) is 9.59 Å². The maximum absolute atomic E-state index is 12.0. The first-order valence-electron chi connectivity index (χ1n) is 9.44. The van der Waals surface area contributed by atoms with E-state index in [1.165, 1.54) is 32.4 Å². The van der Waals surface area contributed by atoms with Crippen molar-refractivity contribution >= 4 is 11.8 Å². The summed E-state index contributed by atoms with van der Waals surface area (Å²) >= 11 is 0. The van der Waals surface area contributed by atoms with Crippen molar-refractivity contribution in [2.75, 3.05) is 7.11 Å². The Morgan fingerprint density at radius 1 is 1.16 bits per heavy atom. The highest BCUT2D eigenvalue weighted by Gasteiger charge is 2.34. The molecule has 0 aromatic carbocycles. The molecule has 0 aliphatic heterocycles. The smallest absolute Gasteiger partial charge is 0.305 e. The molecule has 140 valence electrons. The van der Waals surface area contributed by atoms with Gasteiger partial charge in [0.05, 0.1) is 7.11 Å². The second kappa shape index (κ2) is 11.8. The van der Waals surface area contributed by atoms with E-state index in [4.69, 9.17) is 0 Å². The molecule has 0 fully saturated rings. The van der Waals surface area contributed by atoms with E-state index in [-0.39, 0.29) is 11.8 Å². The Morgan fingerprint density at radius 2 is 1.88 bits per heavy atom. The predicted molar refractivity (Wildman–Crippen MR) is 100 cm³/mol. The molecule has 0 saturated heterocycles. The number of ketones is 1. The number of carbonyl (C=O) groups is 2. The zero-order valence-corrected chi connectivity index (χ0v) is 15.6. The minimum atomic E-state index is -1.26. The van der Waals surface area contributed by atoms with Gasteiger partial charge in [-0.25, -0.2) is 0 Å². The minimum Gasteiger partial charge on any atom is -0.469 e. The number of unbranched alkanes of at least 4 members (excludes halogenated alkanes) is 7. The topological polar surface area (TPSA) is 63.6 Å². The van der Waals surface area contributed by atoms with Crippen molar-refractivity contribution in [3.63, 3.8) is 0 Å². The summed E-state index contributed by atoms with van der Waals surface area (Å²) in [6.07, 6.45) is 17.9. The van der Waals surface area contributed by atoms with Gasteiger partial charge in [-0.15, -0.1) is 0 Å². The van der Waals surface area contributed by atoms with Crippen molar-refractivity contribution in [2.45, 2.75) is 76.7 Å². The van der Waals surface area contributed by atoms with Crippen molar-refractivity contribution in [3.8, 4) is 0 Å². The maximum Gasteiger partial charge on any atom is 0.305 e. The third-order valence-electron chi connectivity index (χ3n) is 4.44. The number of rotatable bonds is 12. The first-order valence-corrected chi connectivity index (χ1v) is 9.44. The summed E-state index contributed by atoms with van der Waals surface area (Å²) in [4.78, 5) is 23.0. The van der Waals surface area contributed by atoms with Crippen molar-refractivity contribution in [1.29, 1.82) is 0 Å². The summed E-state index contributed by atoms with van der Waals surface area (Å²) in [5.74, 6) is -0.306. The van der Waals surface area contributed by atoms with Crippen LogP contribution in [-0.2, 0) is 14.3 Å². The molecule has 1 rings (SSSR count). The van der Waals surface area contributed by atoms with Crippen LogP contribution in [0.15, 0.2) is 36.0 Å². The summed E-state index contributed by atoms with van der Waals surface area (Å²) < 4.78 is 4.60. The average molecular weight is 348 g/mol. The van der Waals surface area contributed by atoms with Gasteiger partial charge in [-0.2, -0.15) is 0 Å². The van der Waals surface area contributed by atoms with E-state index in [1.54, 1.807) is 12.2 Å². The molecule has 1 unspecified atom stereocenters. The van der Waals surface area contributed by atoms with E-state index in [0.29, 0.717) is 12.0 Å². The van der Waals surface area contributed by atoms with Crippen LogP contribution in [0.4, 0.5) is 0 Å². The second-order valence-corrected chi connectivity index (χ2v) is 6.57. The van der Waals surface area contributed by atoms with Gasteiger partial charge in [0.15, 0.2) is 5.78 Å². The predicted octanol–water partition coefficient (Wildman–Crippen LogP) is 4.43. The molecule has 0 aromatic rings.